The third-order valence-corrected chi connectivity index (χ3v) is 8.95. The lowest BCUT2D eigenvalue weighted by molar-refractivity contribution is -0.0553. The van der Waals surface area contributed by atoms with Gasteiger partial charge in [-0.25, -0.2) is 8.42 Å². The second-order valence-corrected chi connectivity index (χ2v) is 11.8. The van der Waals surface area contributed by atoms with Crippen LogP contribution in [0.15, 0.2) is 53.4 Å². The second kappa shape index (κ2) is 11.1. The average Bonchev–Trinajstić information content (AvgIpc) is 2.83. The Bertz CT molecular complexity index is 1150. The Morgan fingerprint density at radius 2 is 1.74 bits per heavy atom. The fraction of sp³-hybridized carbons (Fsp3) is 0.500. The molecule has 6 nitrogen and oxygen atoms in total. The first kappa shape index (κ1) is 25.7. The molecule has 0 aliphatic carbocycles. The Morgan fingerprint density at radius 1 is 1.06 bits per heavy atom. The first-order valence-electron chi connectivity index (χ1n) is 12.4. The summed E-state index contributed by atoms with van der Waals surface area (Å²) >= 11 is 0. The van der Waals surface area contributed by atoms with Crippen LogP contribution in [0.25, 0.3) is 0 Å². The zero-order valence-corrected chi connectivity index (χ0v) is 21.7. The van der Waals surface area contributed by atoms with Gasteiger partial charge in [-0.05, 0) is 67.3 Å². The molecule has 2 fully saturated rings. The molecule has 0 amide bonds. The SMILES string of the molecule is COc1ccc(S(=O)(=O)N2CCCCN3[C@H](CO)[C@@H](c4ccc(C#CCC(C)C)cc4)[C@H]3C2)cc1. The number of sulfonamides is 1. The van der Waals surface area contributed by atoms with Crippen molar-refractivity contribution >= 4 is 10.0 Å². The van der Waals surface area contributed by atoms with Gasteiger partial charge in [0, 0.05) is 43.1 Å². The largest absolute Gasteiger partial charge is 0.497 e. The van der Waals surface area contributed by atoms with Gasteiger partial charge in [0.2, 0.25) is 10.0 Å². The Balaban J connectivity index is 1.56. The first-order chi connectivity index (χ1) is 16.8. The standard InChI is InChI=1S/C28H36N2O4S/c1-21(2)7-6-8-22-9-11-23(12-10-22)28-26-19-29(17-4-5-18-30(26)27(28)20-31)35(32,33)25-15-13-24(34-3)14-16-25/h9-16,21,26-28,31H,4-5,7,17-20H2,1-3H3/t26-,27-,28+/m1/s1. The number of aliphatic hydroxyl groups is 1. The van der Waals surface area contributed by atoms with E-state index in [4.69, 9.17) is 4.74 Å². The van der Waals surface area contributed by atoms with Crippen LogP contribution in [0.3, 0.4) is 0 Å². The Labute approximate surface area is 210 Å². The van der Waals surface area contributed by atoms with Gasteiger partial charge in [0.05, 0.1) is 18.6 Å². The topological polar surface area (TPSA) is 70.1 Å². The fourth-order valence-corrected chi connectivity index (χ4v) is 6.67. The number of hydrogen-bond acceptors (Lipinski definition) is 5. The minimum atomic E-state index is -3.63. The summed E-state index contributed by atoms with van der Waals surface area (Å²) in [4.78, 5) is 2.57. The van der Waals surface area contributed by atoms with Gasteiger partial charge in [-0.2, -0.15) is 4.31 Å². The van der Waals surface area contributed by atoms with Crippen molar-refractivity contribution < 1.29 is 18.3 Å². The van der Waals surface area contributed by atoms with E-state index in [1.807, 2.05) is 12.1 Å². The van der Waals surface area contributed by atoms with Gasteiger partial charge >= 0.3 is 0 Å². The van der Waals surface area contributed by atoms with E-state index in [1.54, 1.807) is 35.7 Å². The molecule has 35 heavy (non-hydrogen) atoms. The molecule has 0 radical (unpaired) electrons. The minimum Gasteiger partial charge on any atom is -0.497 e. The third kappa shape index (κ3) is 5.57. The number of aliphatic hydroxyl groups excluding tert-OH is 1. The van der Waals surface area contributed by atoms with Gasteiger partial charge in [0.1, 0.15) is 5.75 Å². The van der Waals surface area contributed by atoms with Crippen LogP contribution in [0.2, 0.25) is 0 Å². The Kier molecular flexibility index (Phi) is 8.18. The molecule has 0 unspecified atom stereocenters. The Morgan fingerprint density at radius 3 is 2.37 bits per heavy atom. The molecule has 4 rings (SSSR count). The summed E-state index contributed by atoms with van der Waals surface area (Å²) in [5, 5.41) is 10.2. The molecule has 0 bridgehead atoms. The molecule has 2 saturated heterocycles. The van der Waals surface area contributed by atoms with E-state index >= 15 is 0 Å². The van der Waals surface area contributed by atoms with Crippen LogP contribution in [-0.4, -0.2) is 68.2 Å². The minimum absolute atomic E-state index is 0.00140. The van der Waals surface area contributed by atoms with E-state index in [0.717, 1.165) is 36.9 Å². The van der Waals surface area contributed by atoms with Crippen molar-refractivity contribution in [1.82, 2.24) is 9.21 Å². The van der Waals surface area contributed by atoms with E-state index in [9.17, 15) is 13.5 Å². The molecule has 188 valence electrons. The highest BCUT2D eigenvalue weighted by molar-refractivity contribution is 7.89. The normalized spacial score (nSPS) is 23.4. The van der Waals surface area contributed by atoms with Crippen LogP contribution in [0.1, 0.15) is 50.2 Å². The lowest BCUT2D eigenvalue weighted by Gasteiger charge is -2.57. The fourth-order valence-electron chi connectivity index (χ4n) is 5.17. The highest BCUT2D eigenvalue weighted by Crippen LogP contribution is 2.42. The van der Waals surface area contributed by atoms with Gasteiger partial charge in [-0.3, -0.25) is 4.90 Å². The summed E-state index contributed by atoms with van der Waals surface area (Å²) in [6, 6.07) is 14.9. The van der Waals surface area contributed by atoms with Crippen molar-refractivity contribution in [1.29, 1.82) is 0 Å². The van der Waals surface area contributed by atoms with Gasteiger partial charge < -0.3 is 9.84 Å². The van der Waals surface area contributed by atoms with Crippen molar-refractivity contribution in [2.75, 3.05) is 33.4 Å². The molecule has 0 saturated carbocycles. The number of ether oxygens (including phenoxy) is 1. The summed E-state index contributed by atoms with van der Waals surface area (Å²) in [5.41, 5.74) is 2.11. The van der Waals surface area contributed by atoms with E-state index < -0.39 is 10.0 Å². The van der Waals surface area contributed by atoms with Crippen molar-refractivity contribution in [2.24, 2.45) is 5.92 Å². The quantitative estimate of drug-likeness (QED) is 0.618. The van der Waals surface area contributed by atoms with E-state index in [1.165, 1.54) is 0 Å². The molecule has 1 N–H and O–H groups in total. The molecule has 2 aromatic carbocycles. The van der Waals surface area contributed by atoms with Crippen molar-refractivity contribution in [3.8, 4) is 17.6 Å². The molecule has 2 aliphatic rings. The van der Waals surface area contributed by atoms with Crippen LogP contribution in [0.5, 0.6) is 5.75 Å². The summed E-state index contributed by atoms with van der Waals surface area (Å²) in [6.07, 6.45) is 2.57. The molecule has 0 spiro atoms. The summed E-state index contributed by atoms with van der Waals surface area (Å²) in [6.45, 7) is 6.15. The molecule has 7 heteroatoms. The predicted molar refractivity (Wildman–Crippen MR) is 138 cm³/mol. The molecule has 0 aromatic heterocycles. The monoisotopic (exact) mass is 496 g/mol. The number of methoxy groups -OCH3 is 1. The summed E-state index contributed by atoms with van der Waals surface area (Å²) in [7, 11) is -2.07. The number of hydrogen-bond donors (Lipinski definition) is 1. The zero-order chi connectivity index (χ0) is 25.0. The second-order valence-electron chi connectivity index (χ2n) is 9.85. The van der Waals surface area contributed by atoms with Gasteiger partial charge in [0.25, 0.3) is 0 Å². The van der Waals surface area contributed by atoms with E-state index in [2.05, 4.69) is 42.7 Å². The number of rotatable bonds is 6. The summed E-state index contributed by atoms with van der Waals surface area (Å²) in [5.74, 6) is 7.70. The van der Waals surface area contributed by atoms with Crippen molar-refractivity contribution in [2.45, 2.75) is 56.0 Å². The summed E-state index contributed by atoms with van der Waals surface area (Å²) < 4.78 is 33.8. The van der Waals surface area contributed by atoms with Gasteiger partial charge in [-0.15, -0.1) is 0 Å². The van der Waals surface area contributed by atoms with Crippen LogP contribution in [0, 0.1) is 17.8 Å². The predicted octanol–water partition coefficient (Wildman–Crippen LogP) is 3.71. The average molecular weight is 497 g/mol. The van der Waals surface area contributed by atoms with Gasteiger partial charge in [-0.1, -0.05) is 37.8 Å². The van der Waals surface area contributed by atoms with Crippen molar-refractivity contribution in [3.63, 3.8) is 0 Å². The molecule has 2 aromatic rings. The molecular formula is C28H36N2O4S. The van der Waals surface area contributed by atoms with Crippen LogP contribution in [-0.2, 0) is 10.0 Å². The smallest absolute Gasteiger partial charge is 0.243 e. The van der Waals surface area contributed by atoms with Crippen LogP contribution >= 0.6 is 0 Å². The maximum absolute atomic E-state index is 13.5. The number of nitrogens with zero attached hydrogens (tertiary/aromatic N) is 2. The van der Waals surface area contributed by atoms with E-state index in [-0.39, 0.29) is 29.5 Å². The highest BCUT2D eigenvalue weighted by atomic mass is 32.2. The van der Waals surface area contributed by atoms with Crippen LogP contribution < -0.4 is 4.74 Å². The highest BCUT2D eigenvalue weighted by Gasteiger charge is 2.50. The number of benzene rings is 2. The maximum atomic E-state index is 13.5. The van der Waals surface area contributed by atoms with Crippen LogP contribution in [0.4, 0.5) is 0 Å². The van der Waals surface area contributed by atoms with E-state index in [0.29, 0.717) is 24.8 Å². The maximum Gasteiger partial charge on any atom is 0.243 e. The lowest BCUT2D eigenvalue weighted by Crippen LogP contribution is -2.67. The zero-order valence-electron chi connectivity index (χ0n) is 20.9. The lowest BCUT2D eigenvalue weighted by atomic mass is 9.74. The molecule has 2 heterocycles. The van der Waals surface area contributed by atoms with Crippen molar-refractivity contribution in [3.05, 3.63) is 59.7 Å². The number of fused-ring (bicyclic) bond motifs is 1. The molecule has 3 atom stereocenters. The Hall–Kier alpha value is -2.37. The van der Waals surface area contributed by atoms with Gasteiger partial charge in [0.15, 0.2) is 0 Å². The first-order valence-corrected chi connectivity index (χ1v) is 13.9. The molecule has 2 aliphatic heterocycles. The third-order valence-electron chi connectivity index (χ3n) is 7.07. The molecular weight excluding hydrogens is 460 g/mol.